The zero-order valence-corrected chi connectivity index (χ0v) is 9.17. The lowest BCUT2D eigenvalue weighted by atomic mass is 10.1. The van der Waals surface area contributed by atoms with Gasteiger partial charge in [0.15, 0.2) is 0 Å². The van der Waals surface area contributed by atoms with E-state index in [1.807, 2.05) is 25.1 Å². The first-order valence-corrected chi connectivity index (χ1v) is 5.51. The fourth-order valence-electron chi connectivity index (χ4n) is 1.44. The molecule has 0 aliphatic rings. The summed E-state index contributed by atoms with van der Waals surface area (Å²) in [5.41, 5.74) is 2.64. The number of nitrogens with one attached hydrogen (secondary N) is 1. The quantitative estimate of drug-likeness (QED) is 0.851. The Bertz CT molecular complexity index is 480. The second-order valence-corrected chi connectivity index (χ2v) is 3.71. The normalized spacial score (nSPS) is 10.5. The van der Waals surface area contributed by atoms with Gasteiger partial charge in [0, 0.05) is 6.54 Å². The van der Waals surface area contributed by atoms with Gasteiger partial charge in [-0.05, 0) is 18.6 Å². The first-order valence-electron chi connectivity index (χ1n) is 4.78. The predicted molar refractivity (Wildman–Crippen MR) is 59.8 cm³/mol. The highest BCUT2D eigenvalue weighted by Gasteiger charge is 2.08. The number of carbonyl (C=O) groups is 1. The molecule has 1 aromatic carbocycles. The number of nitrogens with zero attached hydrogens (tertiary/aromatic N) is 2. The Kier molecular flexibility index (Phi) is 2.91. The molecule has 1 N–H and O–H groups in total. The molecule has 1 heterocycles. The summed E-state index contributed by atoms with van der Waals surface area (Å²) >= 11 is 1.18. The van der Waals surface area contributed by atoms with Gasteiger partial charge in [0.2, 0.25) is 5.91 Å². The van der Waals surface area contributed by atoms with Crippen molar-refractivity contribution in [2.45, 2.75) is 13.3 Å². The van der Waals surface area contributed by atoms with Crippen LogP contribution in [0.15, 0.2) is 18.2 Å². The van der Waals surface area contributed by atoms with Crippen LogP contribution in [-0.2, 0) is 11.2 Å². The molecule has 15 heavy (non-hydrogen) atoms. The number of benzene rings is 1. The Morgan fingerprint density at radius 2 is 2.33 bits per heavy atom. The molecule has 78 valence electrons. The van der Waals surface area contributed by atoms with Crippen LogP contribution in [0.3, 0.4) is 0 Å². The third-order valence-electron chi connectivity index (χ3n) is 2.09. The molecule has 0 radical (unpaired) electrons. The van der Waals surface area contributed by atoms with Crippen molar-refractivity contribution in [1.29, 1.82) is 0 Å². The van der Waals surface area contributed by atoms with Gasteiger partial charge in [-0.25, -0.2) is 0 Å². The maximum Gasteiger partial charge on any atom is 0.224 e. The Labute approximate surface area is 91.6 Å². The van der Waals surface area contributed by atoms with Gasteiger partial charge >= 0.3 is 0 Å². The monoisotopic (exact) mass is 221 g/mol. The molecule has 0 spiro atoms. The zero-order valence-electron chi connectivity index (χ0n) is 8.36. The van der Waals surface area contributed by atoms with Gasteiger partial charge in [0.1, 0.15) is 11.0 Å². The molecule has 1 amide bonds. The smallest absolute Gasteiger partial charge is 0.224 e. The van der Waals surface area contributed by atoms with E-state index >= 15 is 0 Å². The molecule has 0 unspecified atom stereocenters. The first-order chi connectivity index (χ1) is 7.31. The van der Waals surface area contributed by atoms with Gasteiger partial charge in [0.05, 0.1) is 18.1 Å². The maximum atomic E-state index is 11.4. The lowest BCUT2D eigenvalue weighted by Crippen LogP contribution is -2.24. The van der Waals surface area contributed by atoms with Crippen LogP contribution in [0.1, 0.15) is 12.5 Å². The molecule has 0 aliphatic heterocycles. The molecule has 4 nitrogen and oxygen atoms in total. The summed E-state index contributed by atoms with van der Waals surface area (Å²) in [6.45, 7) is 2.56. The Morgan fingerprint density at radius 3 is 3.13 bits per heavy atom. The number of hydrogen-bond acceptors (Lipinski definition) is 4. The Hall–Kier alpha value is -1.49. The summed E-state index contributed by atoms with van der Waals surface area (Å²) in [6, 6.07) is 5.72. The summed E-state index contributed by atoms with van der Waals surface area (Å²) in [5.74, 6) is 0.0259. The molecule has 2 rings (SSSR count). The van der Waals surface area contributed by atoms with Gasteiger partial charge in [-0.15, -0.1) is 0 Å². The van der Waals surface area contributed by atoms with E-state index in [2.05, 4.69) is 14.1 Å². The van der Waals surface area contributed by atoms with Gasteiger partial charge in [-0.1, -0.05) is 12.1 Å². The summed E-state index contributed by atoms with van der Waals surface area (Å²) in [7, 11) is 0. The predicted octanol–water partition coefficient (Wildman–Crippen LogP) is 1.37. The standard InChI is InChI=1S/C10H11N3OS/c1-2-11-9(14)6-7-4-3-5-8-10(7)13-15-12-8/h3-5H,2,6H2,1H3,(H,11,14). The molecular formula is C10H11N3OS. The number of rotatable bonds is 3. The van der Waals surface area contributed by atoms with Gasteiger partial charge in [-0.3, -0.25) is 4.79 Å². The molecule has 2 aromatic rings. The number of hydrogen-bond donors (Lipinski definition) is 1. The summed E-state index contributed by atoms with van der Waals surface area (Å²) in [5, 5.41) is 2.77. The third-order valence-corrected chi connectivity index (χ3v) is 2.64. The fourth-order valence-corrected chi connectivity index (χ4v) is 2.01. The average molecular weight is 221 g/mol. The number of likely N-dealkylation sites (N-methyl/N-ethyl adjacent to an activating group) is 1. The molecule has 0 saturated carbocycles. The van der Waals surface area contributed by atoms with E-state index in [1.165, 1.54) is 11.7 Å². The van der Waals surface area contributed by atoms with E-state index in [1.54, 1.807) is 0 Å². The van der Waals surface area contributed by atoms with E-state index in [9.17, 15) is 4.79 Å². The van der Waals surface area contributed by atoms with Crippen molar-refractivity contribution in [2.24, 2.45) is 0 Å². The Morgan fingerprint density at radius 1 is 1.47 bits per heavy atom. The van der Waals surface area contributed by atoms with Crippen molar-refractivity contribution in [1.82, 2.24) is 14.1 Å². The van der Waals surface area contributed by atoms with Gasteiger partial charge in [0.25, 0.3) is 0 Å². The van der Waals surface area contributed by atoms with Crippen molar-refractivity contribution in [3.05, 3.63) is 23.8 Å². The highest BCUT2D eigenvalue weighted by atomic mass is 32.1. The minimum Gasteiger partial charge on any atom is -0.356 e. The Balaban J connectivity index is 2.27. The van der Waals surface area contributed by atoms with E-state index in [4.69, 9.17) is 0 Å². The van der Waals surface area contributed by atoms with Crippen molar-refractivity contribution >= 4 is 28.7 Å². The first kappa shape index (κ1) is 10.0. The topological polar surface area (TPSA) is 54.9 Å². The summed E-state index contributed by atoms with van der Waals surface area (Å²) in [6.07, 6.45) is 0.372. The highest BCUT2D eigenvalue weighted by molar-refractivity contribution is 7.00. The zero-order chi connectivity index (χ0) is 10.7. The van der Waals surface area contributed by atoms with Crippen LogP contribution >= 0.6 is 11.7 Å². The van der Waals surface area contributed by atoms with E-state index < -0.39 is 0 Å². The van der Waals surface area contributed by atoms with Crippen molar-refractivity contribution in [3.8, 4) is 0 Å². The van der Waals surface area contributed by atoms with Crippen LogP contribution in [0.2, 0.25) is 0 Å². The van der Waals surface area contributed by atoms with Crippen molar-refractivity contribution in [3.63, 3.8) is 0 Å². The lowest BCUT2D eigenvalue weighted by Gasteiger charge is -2.02. The van der Waals surface area contributed by atoms with Crippen LogP contribution < -0.4 is 5.32 Å². The average Bonchev–Trinajstić information content (AvgIpc) is 2.67. The molecule has 0 atom stereocenters. The van der Waals surface area contributed by atoms with Crippen molar-refractivity contribution in [2.75, 3.05) is 6.54 Å². The molecule has 1 aromatic heterocycles. The SMILES string of the molecule is CCNC(=O)Cc1cccc2nsnc12. The van der Waals surface area contributed by atoms with Crippen LogP contribution in [-0.4, -0.2) is 21.2 Å². The summed E-state index contributed by atoms with van der Waals surface area (Å²) in [4.78, 5) is 11.4. The molecule has 0 saturated heterocycles. The largest absolute Gasteiger partial charge is 0.356 e. The van der Waals surface area contributed by atoms with Gasteiger partial charge in [-0.2, -0.15) is 8.75 Å². The van der Waals surface area contributed by atoms with E-state index in [0.717, 1.165) is 16.6 Å². The molecule has 0 bridgehead atoms. The minimum absolute atomic E-state index is 0.0259. The molecule has 0 aliphatic carbocycles. The van der Waals surface area contributed by atoms with Crippen molar-refractivity contribution < 1.29 is 4.79 Å². The fraction of sp³-hybridized carbons (Fsp3) is 0.300. The number of fused-ring (bicyclic) bond motifs is 1. The highest BCUT2D eigenvalue weighted by Crippen LogP contribution is 2.16. The maximum absolute atomic E-state index is 11.4. The molecule has 0 fully saturated rings. The van der Waals surface area contributed by atoms with Crippen LogP contribution in [0.4, 0.5) is 0 Å². The molecular weight excluding hydrogens is 210 g/mol. The second kappa shape index (κ2) is 4.35. The van der Waals surface area contributed by atoms with Crippen LogP contribution in [0, 0.1) is 0 Å². The van der Waals surface area contributed by atoms with Crippen LogP contribution in [0.25, 0.3) is 11.0 Å². The van der Waals surface area contributed by atoms with E-state index in [-0.39, 0.29) is 5.91 Å². The number of amides is 1. The second-order valence-electron chi connectivity index (χ2n) is 3.18. The van der Waals surface area contributed by atoms with Crippen LogP contribution in [0.5, 0.6) is 0 Å². The van der Waals surface area contributed by atoms with E-state index in [0.29, 0.717) is 13.0 Å². The summed E-state index contributed by atoms with van der Waals surface area (Å²) < 4.78 is 8.31. The lowest BCUT2D eigenvalue weighted by molar-refractivity contribution is -0.120. The number of carbonyl (C=O) groups excluding carboxylic acids is 1. The molecule has 5 heteroatoms. The third kappa shape index (κ3) is 2.12. The number of aromatic nitrogens is 2. The minimum atomic E-state index is 0.0259. The van der Waals surface area contributed by atoms with Gasteiger partial charge < -0.3 is 5.32 Å².